The number of fused-ring (bicyclic) bond motifs is 1. The van der Waals surface area contributed by atoms with Crippen molar-refractivity contribution in [2.24, 2.45) is 0 Å². The smallest absolute Gasteiger partial charge is 0.282 e. The van der Waals surface area contributed by atoms with E-state index in [2.05, 4.69) is 26.6 Å². The van der Waals surface area contributed by atoms with Gasteiger partial charge in [0, 0.05) is 10.2 Å². The number of rotatable bonds is 6. The van der Waals surface area contributed by atoms with Crippen LogP contribution < -0.4 is 15.5 Å². The van der Waals surface area contributed by atoms with Crippen molar-refractivity contribution in [2.45, 2.75) is 13.0 Å². The molecule has 3 rings (SSSR count). The van der Waals surface area contributed by atoms with E-state index in [0.29, 0.717) is 5.69 Å². The lowest BCUT2D eigenvalue weighted by atomic mass is 10.1. The van der Waals surface area contributed by atoms with Gasteiger partial charge >= 0.3 is 0 Å². The highest BCUT2D eigenvalue weighted by molar-refractivity contribution is 9.10. The molecule has 2 amide bonds. The first kappa shape index (κ1) is 20.0. The first-order chi connectivity index (χ1) is 13.4. The molecule has 2 atom stereocenters. The number of amides is 2. The second-order valence-corrected chi connectivity index (χ2v) is 7.68. The molecule has 6 heteroatoms. The van der Waals surface area contributed by atoms with E-state index in [4.69, 9.17) is 0 Å². The first-order valence-corrected chi connectivity index (χ1v) is 9.89. The highest BCUT2D eigenvalue weighted by Crippen LogP contribution is 2.21. The Hall–Kier alpha value is -2.70. The Bertz CT molecular complexity index is 1010. The molecule has 3 N–H and O–H groups in total. The molecule has 3 aromatic rings. The van der Waals surface area contributed by atoms with Gasteiger partial charge in [0.05, 0.1) is 12.7 Å². The highest BCUT2D eigenvalue weighted by Gasteiger charge is 2.24. The van der Waals surface area contributed by atoms with Gasteiger partial charge in [-0.25, -0.2) is 0 Å². The Kier molecular flexibility index (Phi) is 6.44. The van der Waals surface area contributed by atoms with E-state index >= 15 is 0 Å². The molecule has 144 valence electrons. The summed E-state index contributed by atoms with van der Waals surface area (Å²) in [6.07, 6.45) is 0. The zero-order valence-electron chi connectivity index (χ0n) is 15.8. The van der Waals surface area contributed by atoms with E-state index in [-0.39, 0.29) is 24.4 Å². The number of benzene rings is 3. The van der Waals surface area contributed by atoms with Gasteiger partial charge in [-0.05, 0) is 57.9 Å². The molecule has 28 heavy (non-hydrogen) atoms. The summed E-state index contributed by atoms with van der Waals surface area (Å²) < 4.78 is 0.822. The average Bonchev–Trinajstić information content (AvgIpc) is 2.69. The second kappa shape index (κ2) is 8.99. The van der Waals surface area contributed by atoms with E-state index in [1.807, 2.05) is 80.7 Å². The molecule has 0 fully saturated rings. The molecule has 5 nitrogen and oxygen atoms in total. The molecule has 0 aliphatic rings. The maximum absolute atomic E-state index is 12.6. The molecule has 0 aliphatic carbocycles. The van der Waals surface area contributed by atoms with Crippen LogP contribution in [0.1, 0.15) is 6.92 Å². The van der Waals surface area contributed by atoms with Gasteiger partial charge in [0.1, 0.15) is 0 Å². The summed E-state index contributed by atoms with van der Waals surface area (Å²) in [7, 11) is 1.84. The minimum absolute atomic E-state index is 0.124. The number of carbonyl (C=O) groups excluding carboxylic acids is 2. The molecular weight excluding hydrogens is 418 g/mol. The van der Waals surface area contributed by atoms with Crippen LogP contribution in [0, 0.1) is 0 Å². The number of likely N-dealkylation sites (N-methyl/N-ethyl adjacent to an activating group) is 1. The van der Waals surface area contributed by atoms with Crippen molar-refractivity contribution in [2.75, 3.05) is 24.2 Å². The number of halogens is 1. The predicted octanol–water partition coefficient (Wildman–Crippen LogP) is 3.08. The van der Waals surface area contributed by atoms with Crippen LogP contribution in [0.2, 0.25) is 0 Å². The Labute approximate surface area is 172 Å². The molecular formula is C22H23BrN3O2+. The number of quaternary nitrogens is 1. The summed E-state index contributed by atoms with van der Waals surface area (Å²) >= 11 is 3.41. The Morgan fingerprint density at radius 3 is 2.39 bits per heavy atom. The fourth-order valence-electron chi connectivity index (χ4n) is 2.90. The maximum atomic E-state index is 12.6. The van der Waals surface area contributed by atoms with Crippen molar-refractivity contribution in [3.8, 4) is 0 Å². The van der Waals surface area contributed by atoms with Gasteiger partial charge in [-0.1, -0.05) is 42.5 Å². The lowest BCUT2D eigenvalue weighted by molar-refractivity contribution is -0.885. The molecule has 0 saturated heterocycles. The zero-order valence-corrected chi connectivity index (χ0v) is 17.4. The van der Waals surface area contributed by atoms with Crippen LogP contribution in [0.3, 0.4) is 0 Å². The Balaban J connectivity index is 1.58. The van der Waals surface area contributed by atoms with Crippen LogP contribution in [-0.2, 0) is 9.59 Å². The van der Waals surface area contributed by atoms with Gasteiger partial charge in [-0.3, -0.25) is 9.59 Å². The van der Waals surface area contributed by atoms with Crippen molar-refractivity contribution < 1.29 is 14.5 Å². The normalized spacial score (nSPS) is 13.0. The summed E-state index contributed by atoms with van der Waals surface area (Å²) in [5.74, 6) is -0.267. The fraction of sp³-hybridized carbons (Fsp3) is 0.182. The predicted molar refractivity (Wildman–Crippen MR) is 117 cm³/mol. The molecule has 0 radical (unpaired) electrons. The van der Waals surface area contributed by atoms with Crippen molar-refractivity contribution in [3.05, 3.63) is 71.2 Å². The summed E-state index contributed by atoms with van der Waals surface area (Å²) in [4.78, 5) is 25.7. The third-order valence-electron chi connectivity index (χ3n) is 4.74. The number of nitrogens with one attached hydrogen (secondary N) is 3. The van der Waals surface area contributed by atoms with Gasteiger partial charge in [-0.15, -0.1) is 0 Å². The van der Waals surface area contributed by atoms with Crippen LogP contribution in [0.5, 0.6) is 0 Å². The van der Waals surface area contributed by atoms with E-state index in [1.165, 1.54) is 0 Å². The lowest BCUT2D eigenvalue weighted by Crippen LogP contribution is -3.14. The number of anilines is 2. The minimum atomic E-state index is -0.378. The lowest BCUT2D eigenvalue weighted by Gasteiger charge is -2.21. The van der Waals surface area contributed by atoms with Gasteiger partial charge < -0.3 is 15.5 Å². The molecule has 0 saturated carbocycles. The molecule has 1 unspecified atom stereocenters. The maximum Gasteiger partial charge on any atom is 0.282 e. The van der Waals surface area contributed by atoms with Crippen molar-refractivity contribution >= 4 is 49.9 Å². The fourth-order valence-corrected chi connectivity index (χ4v) is 3.29. The third kappa shape index (κ3) is 4.97. The SMILES string of the molecule is C[C@@H](C(=O)Nc1ccc2ccccc2c1)[NH+](C)CC(=O)Nc1ccccc1Br. The van der Waals surface area contributed by atoms with Crippen molar-refractivity contribution in [1.29, 1.82) is 0 Å². The van der Waals surface area contributed by atoms with E-state index in [1.54, 1.807) is 0 Å². The Morgan fingerprint density at radius 2 is 1.64 bits per heavy atom. The summed E-state index contributed by atoms with van der Waals surface area (Å²) in [5.41, 5.74) is 1.47. The standard InChI is InChI=1S/C22H22BrN3O2/c1-15(26(2)14-21(27)25-20-10-6-5-9-19(20)23)22(28)24-18-12-11-16-7-3-4-8-17(16)13-18/h3-13,15H,14H2,1-2H3,(H,24,28)(H,25,27)/p+1/t15-/m0/s1. The van der Waals surface area contributed by atoms with E-state index in [0.717, 1.165) is 25.8 Å². The molecule has 0 spiro atoms. The topological polar surface area (TPSA) is 62.6 Å². The largest absolute Gasteiger partial charge is 0.321 e. The average molecular weight is 441 g/mol. The summed E-state index contributed by atoms with van der Waals surface area (Å²) in [6, 6.07) is 20.9. The van der Waals surface area contributed by atoms with Crippen LogP contribution >= 0.6 is 15.9 Å². The molecule has 0 aromatic heterocycles. The number of hydrogen-bond acceptors (Lipinski definition) is 2. The summed E-state index contributed by atoms with van der Waals surface area (Å²) in [6.45, 7) is 2.01. The van der Waals surface area contributed by atoms with Crippen LogP contribution in [0.4, 0.5) is 11.4 Å². The highest BCUT2D eigenvalue weighted by atomic mass is 79.9. The Morgan fingerprint density at radius 1 is 0.964 bits per heavy atom. The minimum Gasteiger partial charge on any atom is -0.321 e. The first-order valence-electron chi connectivity index (χ1n) is 9.10. The number of para-hydroxylation sites is 1. The van der Waals surface area contributed by atoms with Crippen LogP contribution in [0.15, 0.2) is 71.2 Å². The third-order valence-corrected chi connectivity index (χ3v) is 5.43. The monoisotopic (exact) mass is 440 g/mol. The van der Waals surface area contributed by atoms with Crippen molar-refractivity contribution in [1.82, 2.24) is 0 Å². The van der Waals surface area contributed by atoms with Gasteiger partial charge in [-0.2, -0.15) is 0 Å². The molecule has 0 heterocycles. The van der Waals surface area contributed by atoms with Crippen LogP contribution in [-0.4, -0.2) is 31.4 Å². The van der Waals surface area contributed by atoms with Gasteiger partial charge in [0.25, 0.3) is 11.8 Å². The van der Waals surface area contributed by atoms with Gasteiger partial charge in [0.15, 0.2) is 12.6 Å². The second-order valence-electron chi connectivity index (χ2n) is 6.82. The van der Waals surface area contributed by atoms with Crippen LogP contribution in [0.25, 0.3) is 10.8 Å². The summed E-state index contributed by atoms with van der Waals surface area (Å²) in [5, 5.41) is 8.01. The molecule has 0 aliphatic heterocycles. The van der Waals surface area contributed by atoms with E-state index < -0.39 is 0 Å². The molecule has 0 bridgehead atoms. The quantitative estimate of drug-likeness (QED) is 0.551. The molecule has 3 aromatic carbocycles. The number of carbonyl (C=O) groups is 2. The zero-order chi connectivity index (χ0) is 20.1. The number of hydrogen-bond donors (Lipinski definition) is 3. The van der Waals surface area contributed by atoms with E-state index in [9.17, 15) is 9.59 Å². The van der Waals surface area contributed by atoms with Crippen molar-refractivity contribution in [3.63, 3.8) is 0 Å². The van der Waals surface area contributed by atoms with Gasteiger partial charge in [0.2, 0.25) is 0 Å².